The van der Waals surface area contributed by atoms with Crippen LogP contribution in [0.25, 0.3) is 0 Å². The molecule has 172 valence electrons. The number of methoxy groups -OCH3 is 1. The number of carbonyl (C=O) groups is 2. The van der Waals surface area contributed by atoms with E-state index in [0.29, 0.717) is 18.2 Å². The Bertz CT molecular complexity index is 892. The molecule has 2 aliphatic heterocycles. The SMILES string of the molecule is [2H]C([2H])([2H])Oc1cccc([C@@H]2[C@H](C3CCN(CC(N)=O)CC3)CCN2C(=O)OC(C)(C)C)c1C. The number of hydrogen-bond donors (Lipinski definition) is 1. The fraction of sp³-hybridized carbons (Fsp3) is 0.667. The third-order valence-electron chi connectivity index (χ3n) is 6.44. The summed E-state index contributed by atoms with van der Waals surface area (Å²) in [7, 11) is -2.56. The number of likely N-dealkylation sites (tertiary alicyclic amines) is 2. The molecule has 0 radical (unpaired) electrons. The van der Waals surface area contributed by atoms with E-state index in [2.05, 4.69) is 4.90 Å². The molecule has 1 aromatic carbocycles. The minimum absolute atomic E-state index is 0.185. The molecule has 7 nitrogen and oxygen atoms in total. The summed E-state index contributed by atoms with van der Waals surface area (Å²) in [4.78, 5) is 28.4. The van der Waals surface area contributed by atoms with E-state index in [9.17, 15) is 9.59 Å². The minimum atomic E-state index is -2.56. The second kappa shape index (κ2) is 9.47. The van der Waals surface area contributed by atoms with Crippen molar-refractivity contribution in [3.05, 3.63) is 29.3 Å². The lowest BCUT2D eigenvalue weighted by molar-refractivity contribution is -0.119. The van der Waals surface area contributed by atoms with Gasteiger partial charge in [0.05, 0.1) is 23.7 Å². The summed E-state index contributed by atoms with van der Waals surface area (Å²) in [6, 6.07) is 5.13. The zero-order chi connectivity index (χ0) is 25.3. The summed E-state index contributed by atoms with van der Waals surface area (Å²) in [5.41, 5.74) is 6.34. The van der Waals surface area contributed by atoms with Gasteiger partial charge in [-0.05, 0) is 89.1 Å². The highest BCUT2D eigenvalue weighted by atomic mass is 16.6. The van der Waals surface area contributed by atoms with Crippen molar-refractivity contribution < 1.29 is 23.2 Å². The van der Waals surface area contributed by atoms with Crippen molar-refractivity contribution >= 4 is 12.0 Å². The Balaban J connectivity index is 1.91. The van der Waals surface area contributed by atoms with Crippen molar-refractivity contribution in [1.29, 1.82) is 0 Å². The number of primary amides is 1. The molecule has 0 bridgehead atoms. The summed E-state index contributed by atoms with van der Waals surface area (Å²) in [6.07, 6.45) is 2.27. The molecule has 2 aliphatic rings. The number of rotatable bonds is 5. The molecule has 0 aliphatic carbocycles. The van der Waals surface area contributed by atoms with Crippen LogP contribution in [0.5, 0.6) is 5.75 Å². The van der Waals surface area contributed by atoms with Crippen LogP contribution < -0.4 is 10.5 Å². The van der Waals surface area contributed by atoms with Gasteiger partial charge in [0.25, 0.3) is 0 Å². The zero-order valence-electron chi connectivity index (χ0n) is 22.0. The van der Waals surface area contributed by atoms with Crippen LogP contribution in [0.4, 0.5) is 4.79 Å². The first-order chi connectivity index (χ1) is 15.7. The van der Waals surface area contributed by atoms with Gasteiger partial charge in [-0.25, -0.2) is 4.79 Å². The fourth-order valence-electron chi connectivity index (χ4n) is 5.06. The third-order valence-corrected chi connectivity index (χ3v) is 6.44. The Morgan fingerprint density at radius 2 is 1.90 bits per heavy atom. The van der Waals surface area contributed by atoms with Gasteiger partial charge in [-0.15, -0.1) is 0 Å². The van der Waals surface area contributed by atoms with Crippen molar-refractivity contribution in [2.24, 2.45) is 17.6 Å². The molecule has 0 saturated carbocycles. The van der Waals surface area contributed by atoms with Crippen LogP contribution in [-0.2, 0) is 9.53 Å². The quantitative estimate of drug-likeness (QED) is 0.767. The van der Waals surface area contributed by atoms with Gasteiger partial charge < -0.3 is 20.1 Å². The van der Waals surface area contributed by atoms with E-state index < -0.39 is 12.6 Å². The largest absolute Gasteiger partial charge is 0.496 e. The number of carbonyl (C=O) groups excluding carboxylic acids is 2. The van der Waals surface area contributed by atoms with Gasteiger partial charge in [0.15, 0.2) is 0 Å². The number of nitrogens with zero attached hydrogens (tertiary/aromatic N) is 2. The Labute approximate surface area is 190 Å². The number of piperidine rings is 1. The number of benzene rings is 1. The van der Waals surface area contributed by atoms with Crippen LogP contribution >= 0.6 is 0 Å². The van der Waals surface area contributed by atoms with Crippen molar-refractivity contribution in [2.45, 2.75) is 58.6 Å². The summed E-state index contributed by atoms with van der Waals surface area (Å²) >= 11 is 0. The van der Waals surface area contributed by atoms with Gasteiger partial charge >= 0.3 is 6.09 Å². The highest BCUT2D eigenvalue weighted by Crippen LogP contribution is 2.47. The lowest BCUT2D eigenvalue weighted by Crippen LogP contribution is -2.42. The zero-order valence-corrected chi connectivity index (χ0v) is 19.0. The molecule has 2 atom stereocenters. The van der Waals surface area contributed by atoms with Gasteiger partial charge in [-0.2, -0.15) is 0 Å². The minimum Gasteiger partial charge on any atom is -0.496 e. The van der Waals surface area contributed by atoms with E-state index in [-0.39, 0.29) is 30.5 Å². The van der Waals surface area contributed by atoms with Crippen LogP contribution in [-0.4, -0.2) is 60.6 Å². The molecule has 7 heteroatoms. The molecular weight excluding hydrogens is 394 g/mol. The van der Waals surface area contributed by atoms with Crippen molar-refractivity contribution in [3.63, 3.8) is 0 Å². The molecule has 2 amide bonds. The predicted molar refractivity (Wildman–Crippen MR) is 120 cm³/mol. The monoisotopic (exact) mass is 434 g/mol. The van der Waals surface area contributed by atoms with Crippen LogP contribution in [0.3, 0.4) is 0 Å². The van der Waals surface area contributed by atoms with E-state index in [0.717, 1.165) is 43.5 Å². The summed E-state index contributed by atoms with van der Waals surface area (Å²) in [5, 5.41) is 0. The topological polar surface area (TPSA) is 85.1 Å². The average Bonchev–Trinajstić information content (AvgIpc) is 3.12. The lowest BCUT2D eigenvalue weighted by Gasteiger charge is -2.38. The van der Waals surface area contributed by atoms with Crippen LogP contribution in [0.2, 0.25) is 0 Å². The van der Waals surface area contributed by atoms with E-state index in [4.69, 9.17) is 19.3 Å². The maximum Gasteiger partial charge on any atom is 0.410 e. The van der Waals surface area contributed by atoms with Gasteiger partial charge in [0.1, 0.15) is 11.4 Å². The molecule has 31 heavy (non-hydrogen) atoms. The smallest absolute Gasteiger partial charge is 0.410 e. The highest BCUT2D eigenvalue weighted by molar-refractivity contribution is 5.75. The number of nitrogens with two attached hydrogens (primary N) is 1. The van der Waals surface area contributed by atoms with Gasteiger partial charge in [-0.3, -0.25) is 9.69 Å². The molecule has 1 aromatic rings. The molecule has 2 saturated heterocycles. The van der Waals surface area contributed by atoms with Crippen LogP contribution in [0, 0.1) is 18.8 Å². The molecular formula is C24H37N3O4. The summed E-state index contributed by atoms with van der Waals surface area (Å²) in [6.45, 7) is 9.77. The number of amides is 2. The Hall–Kier alpha value is -2.28. The van der Waals surface area contributed by atoms with E-state index in [1.165, 1.54) is 0 Å². The predicted octanol–water partition coefficient (Wildman–Crippen LogP) is 3.50. The average molecular weight is 435 g/mol. The van der Waals surface area contributed by atoms with Gasteiger partial charge in [-0.1, -0.05) is 12.1 Å². The first-order valence-corrected chi connectivity index (χ1v) is 11.0. The normalized spacial score (nSPS) is 24.9. The summed E-state index contributed by atoms with van der Waals surface area (Å²) in [5.74, 6) is 0.511. The first-order valence-electron chi connectivity index (χ1n) is 12.5. The molecule has 0 unspecified atom stereocenters. The van der Waals surface area contributed by atoms with Crippen molar-refractivity contribution in [2.75, 3.05) is 33.2 Å². The van der Waals surface area contributed by atoms with E-state index in [1.807, 2.05) is 33.8 Å². The third kappa shape index (κ3) is 5.50. The maximum atomic E-state index is 13.2. The second-order valence-electron chi connectivity index (χ2n) is 9.72. The molecule has 0 aromatic heterocycles. The first kappa shape index (κ1) is 19.4. The Kier molecular flexibility index (Phi) is 5.93. The van der Waals surface area contributed by atoms with Gasteiger partial charge in [0.2, 0.25) is 5.91 Å². The fourth-order valence-corrected chi connectivity index (χ4v) is 5.06. The van der Waals surface area contributed by atoms with Gasteiger partial charge in [0, 0.05) is 6.54 Å². The van der Waals surface area contributed by atoms with E-state index >= 15 is 0 Å². The van der Waals surface area contributed by atoms with Crippen LogP contribution in [0.1, 0.15) is 61.3 Å². The summed E-state index contributed by atoms with van der Waals surface area (Å²) < 4.78 is 33.5. The molecule has 2 heterocycles. The van der Waals surface area contributed by atoms with E-state index in [1.54, 1.807) is 17.0 Å². The van der Waals surface area contributed by atoms with Crippen LogP contribution in [0.15, 0.2) is 18.2 Å². The standard InChI is InChI=1S/C24H37N3O4/c1-16-18(7-6-8-20(16)30-5)22-19(11-14-27(22)23(29)31-24(2,3)4)17-9-12-26(13-10-17)15-21(25)28/h6-8,17,19,22H,9-15H2,1-5H3,(H2,25,28)/t19-,22+/m0/s1/i5D3. The van der Waals surface area contributed by atoms with Crippen molar-refractivity contribution in [3.8, 4) is 5.75 Å². The Morgan fingerprint density at radius 1 is 1.19 bits per heavy atom. The second-order valence-corrected chi connectivity index (χ2v) is 9.72. The maximum absolute atomic E-state index is 13.2. The lowest BCUT2D eigenvalue weighted by atomic mass is 9.77. The molecule has 0 spiro atoms. The number of ether oxygens (including phenoxy) is 2. The number of hydrogen-bond acceptors (Lipinski definition) is 5. The van der Waals surface area contributed by atoms with Crippen molar-refractivity contribution in [1.82, 2.24) is 9.80 Å². The Morgan fingerprint density at radius 3 is 2.52 bits per heavy atom. The molecule has 3 rings (SSSR count). The highest BCUT2D eigenvalue weighted by Gasteiger charge is 2.44. The molecule has 2 N–H and O–H groups in total. The molecule has 2 fully saturated rings.